The molecule has 0 radical (unpaired) electrons. The molecule has 2 aliphatic rings. The minimum absolute atomic E-state index is 0.181. The molecule has 1 aromatic rings. The lowest BCUT2D eigenvalue weighted by Crippen LogP contribution is -2.62. The standard InChI is InChI=1S/C25H32O7/c1-7-30-21(27)11-9-17-12-18(23(28)29-6)13-19-14-25(32-22(17)19)15(2)8-10-20(24(25,4)5)31-16(3)26/h9,11-13,15,20H,7-8,10,14H2,1-6H3/b11-9+/t15-,20+,25+/m1/s1. The van der Waals surface area contributed by atoms with Gasteiger partial charge in [0.25, 0.3) is 0 Å². The number of ether oxygens (including phenoxy) is 4. The summed E-state index contributed by atoms with van der Waals surface area (Å²) >= 11 is 0. The molecule has 1 aliphatic carbocycles. The van der Waals surface area contributed by atoms with Crippen LogP contribution in [0.2, 0.25) is 0 Å². The van der Waals surface area contributed by atoms with Crippen LogP contribution in [0.15, 0.2) is 18.2 Å². The van der Waals surface area contributed by atoms with Gasteiger partial charge in [0, 0.05) is 30.4 Å². The highest BCUT2D eigenvalue weighted by Gasteiger charge is 2.61. The maximum absolute atomic E-state index is 12.3. The minimum atomic E-state index is -0.630. The Bertz CT molecular complexity index is 946. The number of benzene rings is 1. The number of carbonyl (C=O) groups excluding carboxylic acids is 3. The summed E-state index contributed by atoms with van der Waals surface area (Å²) < 4.78 is 22.3. The molecule has 1 aromatic carbocycles. The van der Waals surface area contributed by atoms with E-state index in [1.807, 2.05) is 0 Å². The number of hydrogen-bond acceptors (Lipinski definition) is 7. The lowest BCUT2D eigenvalue weighted by atomic mass is 9.58. The molecule has 174 valence electrons. The van der Waals surface area contributed by atoms with Crippen molar-refractivity contribution in [2.24, 2.45) is 11.3 Å². The molecular formula is C25H32O7. The van der Waals surface area contributed by atoms with Crippen LogP contribution in [-0.2, 0) is 30.2 Å². The highest BCUT2D eigenvalue weighted by molar-refractivity contribution is 5.93. The van der Waals surface area contributed by atoms with E-state index < -0.39 is 23.0 Å². The van der Waals surface area contributed by atoms with Crippen LogP contribution in [0.4, 0.5) is 0 Å². The Balaban J connectivity index is 2.07. The summed E-state index contributed by atoms with van der Waals surface area (Å²) in [5.41, 5.74) is 0.733. The fraction of sp³-hybridized carbons (Fsp3) is 0.560. The van der Waals surface area contributed by atoms with Crippen LogP contribution in [0.3, 0.4) is 0 Å². The number of rotatable bonds is 5. The van der Waals surface area contributed by atoms with Gasteiger partial charge in [0.2, 0.25) is 0 Å². The van der Waals surface area contributed by atoms with Crippen molar-refractivity contribution >= 4 is 24.0 Å². The predicted molar refractivity (Wildman–Crippen MR) is 118 cm³/mol. The van der Waals surface area contributed by atoms with E-state index in [-0.39, 0.29) is 24.6 Å². The largest absolute Gasteiger partial charge is 0.485 e. The Morgan fingerprint density at radius 2 is 1.94 bits per heavy atom. The van der Waals surface area contributed by atoms with Gasteiger partial charge in [-0.15, -0.1) is 0 Å². The van der Waals surface area contributed by atoms with E-state index in [9.17, 15) is 14.4 Å². The zero-order valence-corrected chi connectivity index (χ0v) is 19.7. The molecule has 1 saturated carbocycles. The first kappa shape index (κ1) is 23.8. The van der Waals surface area contributed by atoms with E-state index in [2.05, 4.69) is 20.8 Å². The molecule has 0 aromatic heterocycles. The molecule has 32 heavy (non-hydrogen) atoms. The van der Waals surface area contributed by atoms with Crippen molar-refractivity contribution < 1.29 is 33.3 Å². The summed E-state index contributed by atoms with van der Waals surface area (Å²) in [7, 11) is 1.33. The number of methoxy groups -OCH3 is 1. The van der Waals surface area contributed by atoms with E-state index in [4.69, 9.17) is 18.9 Å². The third-order valence-electron chi connectivity index (χ3n) is 6.90. The quantitative estimate of drug-likeness (QED) is 0.384. The van der Waals surface area contributed by atoms with Gasteiger partial charge in [-0.05, 0) is 49.5 Å². The monoisotopic (exact) mass is 444 g/mol. The fourth-order valence-corrected chi connectivity index (χ4v) is 5.12. The molecule has 0 bridgehead atoms. The zero-order valence-electron chi connectivity index (χ0n) is 19.7. The van der Waals surface area contributed by atoms with Gasteiger partial charge in [-0.1, -0.05) is 20.8 Å². The van der Waals surface area contributed by atoms with Gasteiger partial charge < -0.3 is 18.9 Å². The van der Waals surface area contributed by atoms with Crippen LogP contribution in [0.1, 0.15) is 68.9 Å². The molecule has 1 spiro atoms. The molecule has 0 saturated heterocycles. The molecule has 3 atom stereocenters. The van der Waals surface area contributed by atoms with E-state index in [1.54, 1.807) is 25.1 Å². The van der Waals surface area contributed by atoms with Crippen LogP contribution in [0, 0.1) is 11.3 Å². The van der Waals surface area contributed by atoms with Crippen molar-refractivity contribution in [2.75, 3.05) is 13.7 Å². The summed E-state index contributed by atoms with van der Waals surface area (Å²) in [5.74, 6) is -0.442. The lowest BCUT2D eigenvalue weighted by Gasteiger charge is -2.54. The van der Waals surface area contributed by atoms with Crippen LogP contribution >= 0.6 is 0 Å². The number of hydrogen-bond donors (Lipinski definition) is 0. The second-order valence-corrected chi connectivity index (χ2v) is 9.10. The van der Waals surface area contributed by atoms with Gasteiger partial charge in [0.15, 0.2) is 0 Å². The highest BCUT2D eigenvalue weighted by Crippen LogP contribution is 2.57. The Morgan fingerprint density at radius 1 is 1.22 bits per heavy atom. The lowest BCUT2D eigenvalue weighted by molar-refractivity contribution is -0.186. The van der Waals surface area contributed by atoms with Gasteiger partial charge in [-0.2, -0.15) is 0 Å². The van der Waals surface area contributed by atoms with Crippen LogP contribution in [0.5, 0.6) is 5.75 Å². The molecule has 3 rings (SSSR count). The van der Waals surface area contributed by atoms with Crippen molar-refractivity contribution in [1.29, 1.82) is 0 Å². The maximum Gasteiger partial charge on any atom is 0.337 e. The van der Waals surface area contributed by atoms with Crippen molar-refractivity contribution in [3.05, 3.63) is 34.9 Å². The number of carbonyl (C=O) groups is 3. The van der Waals surface area contributed by atoms with Gasteiger partial charge >= 0.3 is 17.9 Å². The molecule has 7 nitrogen and oxygen atoms in total. The van der Waals surface area contributed by atoms with E-state index in [1.165, 1.54) is 20.1 Å². The van der Waals surface area contributed by atoms with Crippen LogP contribution < -0.4 is 4.74 Å². The van der Waals surface area contributed by atoms with E-state index in [0.717, 1.165) is 18.4 Å². The average molecular weight is 445 g/mol. The van der Waals surface area contributed by atoms with Crippen LogP contribution in [-0.4, -0.2) is 43.3 Å². The second-order valence-electron chi connectivity index (χ2n) is 9.10. The summed E-state index contributed by atoms with van der Waals surface area (Å²) in [6.45, 7) is 9.71. The SMILES string of the molecule is CCOC(=O)/C=C/c1cc(C(=O)OC)cc2c1O[C@@]1(C2)[C@H](C)CC[C@H](OC(C)=O)C1(C)C. The molecule has 0 unspecified atom stereocenters. The molecule has 7 heteroatoms. The molecule has 1 aliphatic heterocycles. The van der Waals surface area contributed by atoms with E-state index in [0.29, 0.717) is 23.3 Å². The highest BCUT2D eigenvalue weighted by atomic mass is 16.6. The topological polar surface area (TPSA) is 88.1 Å². The predicted octanol–water partition coefficient (Wildman–Crippen LogP) is 4.11. The third kappa shape index (κ3) is 4.12. The minimum Gasteiger partial charge on any atom is -0.485 e. The molecule has 1 fully saturated rings. The second kappa shape index (κ2) is 8.96. The Hall–Kier alpha value is -2.83. The summed E-state index contributed by atoms with van der Waals surface area (Å²) in [6.07, 6.45) is 4.80. The van der Waals surface area contributed by atoms with E-state index >= 15 is 0 Å². The number of fused-ring (bicyclic) bond motifs is 1. The van der Waals surface area contributed by atoms with Crippen molar-refractivity contribution in [2.45, 2.75) is 65.6 Å². The maximum atomic E-state index is 12.3. The van der Waals surface area contributed by atoms with Gasteiger partial charge in [-0.3, -0.25) is 4.79 Å². The van der Waals surface area contributed by atoms with Crippen LogP contribution in [0.25, 0.3) is 6.08 Å². The first-order valence-corrected chi connectivity index (χ1v) is 11.0. The Labute approximate surface area is 189 Å². The normalized spacial score (nSPS) is 25.8. The molecular weight excluding hydrogens is 412 g/mol. The molecule has 0 N–H and O–H groups in total. The molecule has 1 heterocycles. The smallest absolute Gasteiger partial charge is 0.337 e. The fourth-order valence-electron chi connectivity index (χ4n) is 5.12. The van der Waals surface area contributed by atoms with Gasteiger partial charge in [-0.25, -0.2) is 9.59 Å². The van der Waals surface area contributed by atoms with Gasteiger partial charge in [0.05, 0.1) is 19.3 Å². The third-order valence-corrected chi connectivity index (χ3v) is 6.90. The zero-order chi connectivity index (χ0) is 23.7. The number of esters is 3. The Morgan fingerprint density at radius 3 is 2.56 bits per heavy atom. The summed E-state index contributed by atoms with van der Waals surface area (Å²) in [4.78, 5) is 35.9. The van der Waals surface area contributed by atoms with Crippen molar-refractivity contribution in [1.82, 2.24) is 0 Å². The summed E-state index contributed by atoms with van der Waals surface area (Å²) in [5, 5.41) is 0. The van der Waals surface area contributed by atoms with Gasteiger partial charge in [0.1, 0.15) is 17.5 Å². The average Bonchev–Trinajstić information content (AvgIpc) is 3.14. The molecule has 0 amide bonds. The first-order chi connectivity index (χ1) is 15.1. The first-order valence-electron chi connectivity index (χ1n) is 11.0. The summed E-state index contributed by atoms with van der Waals surface area (Å²) in [6, 6.07) is 3.44. The van der Waals surface area contributed by atoms with Crippen molar-refractivity contribution in [3.8, 4) is 5.75 Å². The Kier molecular flexibility index (Phi) is 6.67. The van der Waals surface area contributed by atoms with Crippen molar-refractivity contribution in [3.63, 3.8) is 0 Å².